The lowest BCUT2D eigenvalue weighted by Crippen LogP contribution is -2.41. The lowest BCUT2D eigenvalue weighted by atomic mass is 9.66. The van der Waals surface area contributed by atoms with Crippen molar-refractivity contribution in [2.45, 2.75) is 51.1 Å². The first-order valence-corrected chi connectivity index (χ1v) is 6.65. The van der Waals surface area contributed by atoms with E-state index in [-0.39, 0.29) is 24.1 Å². The van der Waals surface area contributed by atoms with E-state index in [1.54, 1.807) is 0 Å². The molecule has 0 bridgehead atoms. The fourth-order valence-electron chi connectivity index (χ4n) is 2.22. The molecule has 1 saturated heterocycles. The summed E-state index contributed by atoms with van der Waals surface area (Å²) in [4.78, 5) is 0. The summed E-state index contributed by atoms with van der Waals surface area (Å²) in [5.41, 5.74) is 0.364. The van der Waals surface area contributed by atoms with Gasteiger partial charge in [-0.2, -0.15) is 5.26 Å². The second-order valence-electron chi connectivity index (χ2n) is 6.00. The van der Waals surface area contributed by atoms with Crippen LogP contribution in [-0.2, 0) is 9.31 Å². The van der Waals surface area contributed by atoms with Gasteiger partial charge in [0.2, 0.25) is 0 Å². The molecule has 19 heavy (non-hydrogen) atoms. The highest BCUT2D eigenvalue weighted by molar-refractivity contribution is 6.47. The quantitative estimate of drug-likeness (QED) is 0.780. The van der Waals surface area contributed by atoms with Gasteiger partial charge < -0.3 is 9.31 Å². The third-order valence-corrected chi connectivity index (χ3v) is 4.14. The van der Waals surface area contributed by atoms with E-state index in [0.717, 1.165) is 5.56 Å². The molecule has 1 aliphatic heterocycles. The van der Waals surface area contributed by atoms with Crippen molar-refractivity contribution in [2.75, 3.05) is 0 Å². The van der Waals surface area contributed by atoms with Crippen LogP contribution in [0, 0.1) is 11.3 Å². The zero-order valence-corrected chi connectivity index (χ0v) is 12.0. The Labute approximate surface area is 115 Å². The molecule has 1 aromatic carbocycles. The highest BCUT2D eigenvalue weighted by Crippen LogP contribution is 2.41. The summed E-state index contributed by atoms with van der Waals surface area (Å²) in [6, 6.07) is 12.2. The predicted molar refractivity (Wildman–Crippen MR) is 75.5 cm³/mol. The van der Waals surface area contributed by atoms with Crippen LogP contribution in [0.25, 0.3) is 0 Å². The zero-order valence-electron chi connectivity index (χ0n) is 12.0. The lowest BCUT2D eigenvalue weighted by Gasteiger charge is -2.32. The molecule has 2 rings (SSSR count). The maximum atomic E-state index is 9.06. The molecule has 1 aliphatic rings. The number of hydrogen-bond donors (Lipinski definition) is 0. The van der Waals surface area contributed by atoms with Crippen molar-refractivity contribution in [1.82, 2.24) is 0 Å². The van der Waals surface area contributed by atoms with Crippen LogP contribution in [-0.4, -0.2) is 18.3 Å². The summed E-state index contributed by atoms with van der Waals surface area (Å²) in [5.74, 6) is -0.0488. The van der Waals surface area contributed by atoms with Crippen molar-refractivity contribution >= 4 is 7.12 Å². The number of nitrogens with zero attached hydrogens (tertiary/aromatic N) is 1. The number of benzene rings is 1. The minimum atomic E-state index is -0.368. The Morgan fingerprint density at radius 3 is 2.11 bits per heavy atom. The van der Waals surface area contributed by atoms with E-state index >= 15 is 0 Å². The molecule has 0 spiro atoms. The van der Waals surface area contributed by atoms with Gasteiger partial charge in [0, 0.05) is 12.2 Å². The minimum Gasteiger partial charge on any atom is -0.403 e. The van der Waals surface area contributed by atoms with Gasteiger partial charge in [-0.1, -0.05) is 30.3 Å². The van der Waals surface area contributed by atoms with Gasteiger partial charge in [0.15, 0.2) is 0 Å². The predicted octanol–water partition coefficient (Wildman–Crippen LogP) is 3.32. The van der Waals surface area contributed by atoms with E-state index in [4.69, 9.17) is 14.6 Å². The van der Waals surface area contributed by atoms with Gasteiger partial charge in [0.25, 0.3) is 0 Å². The molecule has 0 N–H and O–H groups in total. The maximum Gasteiger partial charge on any atom is 0.466 e. The maximum absolute atomic E-state index is 9.06. The molecule has 0 radical (unpaired) electrons. The first kappa shape index (κ1) is 14.1. The third kappa shape index (κ3) is 2.68. The standard InChI is InChI=1S/C15H20BNO2/c1-14(2)15(3,4)19-16(18-14)13(10-11-17)12-8-6-5-7-9-12/h5-9,13H,10H2,1-4H3/t13-/m1/s1. The van der Waals surface area contributed by atoms with E-state index in [1.807, 2.05) is 58.0 Å². The molecule has 1 atom stereocenters. The van der Waals surface area contributed by atoms with Crippen LogP contribution >= 0.6 is 0 Å². The van der Waals surface area contributed by atoms with Crippen molar-refractivity contribution in [3.8, 4) is 6.07 Å². The van der Waals surface area contributed by atoms with Crippen molar-refractivity contribution in [3.63, 3.8) is 0 Å². The molecule has 3 nitrogen and oxygen atoms in total. The molecular formula is C15H20BNO2. The molecule has 0 aliphatic carbocycles. The Balaban J connectivity index is 2.26. The fourth-order valence-corrected chi connectivity index (χ4v) is 2.22. The summed E-state index contributed by atoms with van der Waals surface area (Å²) >= 11 is 0. The highest BCUT2D eigenvalue weighted by atomic mass is 16.7. The van der Waals surface area contributed by atoms with Crippen LogP contribution in [0.2, 0.25) is 0 Å². The molecule has 1 fully saturated rings. The topological polar surface area (TPSA) is 42.2 Å². The second-order valence-corrected chi connectivity index (χ2v) is 6.00. The van der Waals surface area contributed by atoms with Crippen molar-refractivity contribution in [2.24, 2.45) is 0 Å². The second kappa shape index (κ2) is 4.99. The highest BCUT2D eigenvalue weighted by Gasteiger charge is 2.53. The normalized spacial score (nSPS) is 21.9. The smallest absolute Gasteiger partial charge is 0.403 e. The van der Waals surface area contributed by atoms with E-state index < -0.39 is 0 Å². The van der Waals surface area contributed by atoms with Crippen LogP contribution in [0.5, 0.6) is 0 Å². The molecular weight excluding hydrogens is 237 g/mol. The van der Waals surface area contributed by atoms with Gasteiger partial charge in [0.1, 0.15) is 0 Å². The van der Waals surface area contributed by atoms with Crippen molar-refractivity contribution in [3.05, 3.63) is 35.9 Å². The molecule has 0 unspecified atom stereocenters. The Hall–Kier alpha value is -1.31. The lowest BCUT2D eigenvalue weighted by molar-refractivity contribution is 0.00578. The molecule has 1 aromatic rings. The summed E-state index contributed by atoms with van der Waals surface area (Å²) in [6.45, 7) is 8.12. The van der Waals surface area contributed by atoms with Crippen LogP contribution in [0.1, 0.15) is 45.5 Å². The molecule has 0 saturated carbocycles. The number of nitriles is 1. The monoisotopic (exact) mass is 257 g/mol. The van der Waals surface area contributed by atoms with Crippen LogP contribution in [0.4, 0.5) is 0 Å². The van der Waals surface area contributed by atoms with Gasteiger partial charge in [0.05, 0.1) is 17.3 Å². The van der Waals surface area contributed by atoms with Gasteiger partial charge in [-0.25, -0.2) is 0 Å². The van der Waals surface area contributed by atoms with Gasteiger partial charge in [-0.3, -0.25) is 0 Å². The summed E-state index contributed by atoms with van der Waals surface area (Å²) in [6.07, 6.45) is 0.390. The fraction of sp³-hybridized carbons (Fsp3) is 0.533. The van der Waals surface area contributed by atoms with E-state index in [2.05, 4.69) is 6.07 Å². The number of hydrogen-bond acceptors (Lipinski definition) is 3. The summed E-state index contributed by atoms with van der Waals surface area (Å²) in [7, 11) is -0.368. The van der Waals surface area contributed by atoms with Crippen LogP contribution in [0.3, 0.4) is 0 Å². The van der Waals surface area contributed by atoms with Gasteiger partial charge >= 0.3 is 7.12 Å². The van der Waals surface area contributed by atoms with Crippen molar-refractivity contribution < 1.29 is 9.31 Å². The molecule has 0 aromatic heterocycles. The van der Waals surface area contributed by atoms with Crippen LogP contribution in [0.15, 0.2) is 30.3 Å². The Kier molecular flexibility index (Phi) is 3.71. The average molecular weight is 257 g/mol. The Bertz CT molecular complexity index is 463. The average Bonchev–Trinajstić information content (AvgIpc) is 2.56. The Morgan fingerprint density at radius 1 is 1.11 bits per heavy atom. The molecule has 100 valence electrons. The molecule has 4 heteroatoms. The largest absolute Gasteiger partial charge is 0.466 e. The summed E-state index contributed by atoms with van der Waals surface area (Å²) < 4.78 is 12.1. The van der Waals surface area contributed by atoms with E-state index in [9.17, 15) is 0 Å². The molecule has 1 heterocycles. The zero-order chi connectivity index (χ0) is 14.1. The van der Waals surface area contributed by atoms with E-state index in [0.29, 0.717) is 6.42 Å². The summed E-state index contributed by atoms with van der Waals surface area (Å²) in [5, 5.41) is 9.06. The number of rotatable bonds is 3. The first-order chi connectivity index (χ1) is 8.87. The van der Waals surface area contributed by atoms with E-state index in [1.165, 1.54) is 0 Å². The van der Waals surface area contributed by atoms with Gasteiger partial charge in [-0.05, 0) is 33.3 Å². The van der Waals surface area contributed by atoms with Crippen molar-refractivity contribution in [1.29, 1.82) is 5.26 Å². The SMILES string of the molecule is CC1(C)OB([C@H](CC#N)c2ccccc2)OC1(C)C. The third-order valence-electron chi connectivity index (χ3n) is 4.14. The first-order valence-electron chi connectivity index (χ1n) is 6.65. The molecule has 0 amide bonds. The Morgan fingerprint density at radius 2 is 1.63 bits per heavy atom. The van der Waals surface area contributed by atoms with Gasteiger partial charge in [-0.15, -0.1) is 0 Å². The minimum absolute atomic E-state index is 0.0488. The van der Waals surface area contributed by atoms with Crippen LogP contribution < -0.4 is 0 Å².